The smallest absolute Gasteiger partial charge is 0.315 e. The van der Waals surface area contributed by atoms with Gasteiger partial charge < -0.3 is 20.1 Å². The molecule has 1 aromatic rings. The van der Waals surface area contributed by atoms with Gasteiger partial charge in [0.1, 0.15) is 0 Å². The predicted molar refractivity (Wildman–Crippen MR) is 67.6 cm³/mol. The topological polar surface area (TPSA) is 59.6 Å². The zero-order chi connectivity index (χ0) is 13.0. The summed E-state index contributed by atoms with van der Waals surface area (Å²) in [5.41, 5.74) is 0.985. The number of urea groups is 1. The number of carbonyl (C=O) groups is 1. The first-order chi connectivity index (χ1) is 8.65. The summed E-state index contributed by atoms with van der Waals surface area (Å²) in [6.45, 7) is 5.52. The molecule has 98 valence electrons. The highest BCUT2D eigenvalue weighted by Crippen LogP contribution is 2.32. The van der Waals surface area contributed by atoms with Crippen LogP contribution in [-0.4, -0.2) is 19.4 Å². The van der Waals surface area contributed by atoms with Gasteiger partial charge in [0.2, 0.25) is 6.79 Å². The number of ether oxygens (including phenoxy) is 2. The van der Waals surface area contributed by atoms with Gasteiger partial charge in [-0.3, -0.25) is 0 Å². The number of nitrogens with one attached hydrogen (secondary N) is 2. The number of benzene rings is 1. The van der Waals surface area contributed by atoms with Crippen molar-refractivity contribution < 1.29 is 14.3 Å². The molecule has 0 spiro atoms. The molecule has 1 aliphatic heterocycles. The van der Waals surface area contributed by atoms with Crippen LogP contribution >= 0.6 is 0 Å². The first-order valence-electron chi connectivity index (χ1n) is 6.05. The largest absolute Gasteiger partial charge is 0.454 e. The van der Waals surface area contributed by atoms with E-state index < -0.39 is 0 Å². The van der Waals surface area contributed by atoms with E-state index in [1.807, 2.05) is 18.2 Å². The highest BCUT2D eigenvalue weighted by Gasteiger charge is 2.13. The van der Waals surface area contributed by atoms with Crippen LogP contribution in [0.25, 0.3) is 0 Å². The fourth-order valence-corrected chi connectivity index (χ4v) is 1.59. The van der Waals surface area contributed by atoms with E-state index in [-0.39, 0.29) is 12.8 Å². The van der Waals surface area contributed by atoms with Gasteiger partial charge in [-0.2, -0.15) is 0 Å². The SMILES string of the molecule is CC(C)CNC(=O)NCc1ccc2c(c1)OCO2. The minimum absolute atomic E-state index is 0.152. The molecule has 5 heteroatoms. The van der Waals surface area contributed by atoms with E-state index in [0.29, 0.717) is 19.0 Å². The second-order valence-electron chi connectivity index (χ2n) is 4.65. The monoisotopic (exact) mass is 250 g/mol. The molecule has 2 amide bonds. The Kier molecular flexibility index (Phi) is 3.92. The molecule has 2 N–H and O–H groups in total. The van der Waals surface area contributed by atoms with Gasteiger partial charge in [0, 0.05) is 13.1 Å². The van der Waals surface area contributed by atoms with Gasteiger partial charge in [-0.05, 0) is 23.6 Å². The first-order valence-corrected chi connectivity index (χ1v) is 6.05. The van der Waals surface area contributed by atoms with Crippen LogP contribution in [0.2, 0.25) is 0 Å². The molecule has 0 unspecified atom stereocenters. The van der Waals surface area contributed by atoms with Gasteiger partial charge in [-0.25, -0.2) is 4.79 Å². The molecular formula is C13H18N2O3. The molecule has 1 heterocycles. The first kappa shape index (κ1) is 12.5. The van der Waals surface area contributed by atoms with Crippen molar-refractivity contribution in [3.05, 3.63) is 23.8 Å². The van der Waals surface area contributed by atoms with Crippen molar-refractivity contribution in [2.45, 2.75) is 20.4 Å². The van der Waals surface area contributed by atoms with Crippen LogP contribution < -0.4 is 20.1 Å². The minimum atomic E-state index is -0.152. The molecule has 0 saturated carbocycles. The highest BCUT2D eigenvalue weighted by molar-refractivity contribution is 5.73. The molecular weight excluding hydrogens is 232 g/mol. The number of hydrogen-bond donors (Lipinski definition) is 2. The molecule has 0 aliphatic carbocycles. The zero-order valence-corrected chi connectivity index (χ0v) is 10.7. The van der Waals surface area contributed by atoms with Gasteiger partial charge in [0.05, 0.1) is 0 Å². The second-order valence-corrected chi connectivity index (χ2v) is 4.65. The van der Waals surface area contributed by atoms with Crippen LogP contribution in [0.4, 0.5) is 4.79 Å². The molecule has 0 bridgehead atoms. The molecule has 0 saturated heterocycles. The minimum Gasteiger partial charge on any atom is -0.454 e. The van der Waals surface area contributed by atoms with E-state index in [2.05, 4.69) is 24.5 Å². The van der Waals surface area contributed by atoms with Crippen molar-refractivity contribution in [2.75, 3.05) is 13.3 Å². The quantitative estimate of drug-likeness (QED) is 0.857. The molecule has 2 rings (SSSR count). The molecule has 1 aliphatic rings. The average molecular weight is 250 g/mol. The summed E-state index contributed by atoms with van der Waals surface area (Å²) in [7, 11) is 0. The molecule has 0 aromatic heterocycles. The number of hydrogen-bond acceptors (Lipinski definition) is 3. The third kappa shape index (κ3) is 3.29. The van der Waals surface area contributed by atoms with Crippen LogP contribution in [-0.2, 0) is 6.54 Å². The van der Waals surface area contributed by atoms with Crippen molar-refractivity contribution in [3.63, 3.8) is 0 Å². The van der Waals surface area contributed by atoms with Crippen molar-refractivity contribution >= 4 is 6.03 Å². The fourth-order valence-electron chi connectivity index (χ4n) is 1.59. The Balaban J connectivity index is 1.81. The average Bonchev–Trinajstić information content (AvgIpc) is 2.81. The van der Waals surface area contributed by atoms with Crippen molar-refractivity contribution in [1.29, 1.82) is 0 Å². The number of fused-ring (bicyclic) bond motifs is 1. The number of amides is 2. The Morgan fingerprint density at radius 3 is 2.83 bits per heavy atom. The highest BCUT2D eigenvalue weighted by atomic mass is 16.7. The summed E-state index contributed by atoms with van der Waals surface area (Å²) in [5, 5.41) is 5.60. The summed E-state index contributed by atoms with van der Waals surface area (Å²) in [4.78, 5) is 11.5. The van der Waals surface area contributed by atoms with E-state index in [4.69, 9.17) is 9.47 Å². The Morgan fingerprint density at radius 2 is 2.06 bits per heavy atom. The Labute approximate surface area is 106 Å². The van der Waals surface area contributed by atoms with Gasteiger partial charge in [-0.1, -0.05) is 19.9 Å². The summed E-state index contributed by atoms with van der Waals surface area (Å²) in [6.07, 6.45) is 0. The molecule has 0 radical (unpaired) electrons. The van der Waals surface area contributed by atoms with Crippen LogP contribution in [0.3, 0.4) is 0 Å². The summed E-state index contributed by atoms with van der Waals surface area (Å²) in [5.74, 6) is 1.93. The maximum Gasteiger partial charge on any atom is 0.315 e. The van der Waals surface area contributed by atoms with E-state index in [0.717, 1.165) is 17.1 Å². The summed E-state index contributed by atoms with van der Waals surface area (Å²) >= 11 is 0. The molecule has 1 aromatic carbocycles. The Bertz CT molecular complexity index is 432. The van der Waals surface area contributed by atoms with Gasteiger partial charge in [0.15, 0.2) is 11.5 Å². The third-order valence-corrected chi connectivity index (χ3v) is 2.56. The normalized spacial score (nSPS) is 12.6. The van der Waals surface area contributed by atoms with Crippen LogP contribution in [0.15, 0.2) is 18.2 Å². The summed E-state index contributed by atoms with van der Waals surface area (Å²) < 4.78 is 10.5. The van der Waals surface area contributed by atoms with Crippen LogP contribution in [0, 0.1) is 5.92 Å². The lowest BCUT2D eigenvalue weighted by molar-refractivity contribution is 0.174. The van der Waals surface area contributed by atoms with E-state index in [9.17, 15) is 4.79 Å². The molecule has 5 nitrogen and oxygen atoms in total. The molecule has 0 fully saturated rings. The van der Waals surface area contributed by atoms with Gasteiger partial charge in [0.25, 0.3) is 0 Å². The Morgan fingerprint density at radius 1 is 1.28 bits per heavy atom. The van der Waals surface area contributed by atoms with Gasteiger partial charge >= 0.3 is 6.03 Å². The van der Waals surface area contributed by atoms with Crippen LogP contribution in [0.5, 0.6) is 11.5 Å². The lowest BCUT2D eigenvalue weighted by atomic mass is 10.2. The third-order valence-electron chi connectivity index (χ3n) is 2.56. The van der Waals surface area contributed by atoms with Crippen molar-refractivity contribution in [1.82, 2.24) is 10.6 Å². The second kappa shape index (κ2) is 5.62. The van der Waals surface area contributed by atoms with Crippen molar-refractivity contribution in [3.8, 4) is 11.5 Å². The molecule has 0 atom stereocenters. The van der Waals surface area contributed by atoms with E-state index in [1.165, 1.54) is 0 Å². The van der Waals surface area contributed by atoms with E-state index >= 15 is 0 Å². The van der Waals surface area contributed by atoms with Crippen LogP contribution in [0.1, 0.15) is 19.4 Å². The molecule has 18 heavy (non-hydrogen) atoms. The van der Waals surface area contributed by atoms with Gasteiger partial charge in [-0.15, -0.1) is 0 Å². The fraction of sp³-hybridized carbons (Fsp3) is 0.462. The maximum atomic E-state index is 11.5. The van der Waals surface area contributed by atoms with E-state index in [1.54, 1.807) is 0 Å². The van der Waals surface area contributed by atoms with Crippen molar-refractivity contribution in [2.24, 2.45) is 5.92 Å². The standard InChI is InChI=1S/C13H18N2O3/c1-9(2)6-14-13(16)15-7-10-3-4-11-12(5-10)18-8-17-11/h3-5,9H,6-8H2,1-2H3,(H2,14,15,16). The summed E-state index contributed by atoms with van der Waals surface area (Å²) in [6, 6.07) is 5.49. The maximum absolute atomic E-state index is 11.5. The number of carbonyl (C=O) groups excluding carboxylic acids is 1. The Hall–Kier alpha value is -1.91. The number of rotatable bonds is 4. The predicted octanol–water partition coefficient (Wildman–Crippen LogP) is 1.87. The zero-order valence-electron chi connectivity index (χ0n) is 10.7. The lowest BCUT2D eigenvalue weighted by Crippen LogP contribution is -2.36. The lowest BCUT2D eigenvalue weighted by Gasteiger charge is -2.09.